The van der Waals surface area contributed by atoms with Crippen molar-refractivity contribution in [2.75, 3.05) is 23.7 Å². The summed E-state index contributed by atoms with van der Waals surface area (Å²) in [6.45, 7) is 2.16. The standard InChI is InChI=1S/C22H23ClFN3O5S/c1-2-19-22(29)26-18-12-15(4-6-20(18)32-19)33(30,31)27-9-7-13(8-10-27)21(28)25-14-3-5-17(24)16(23)11-14/h3-6,11-13,19H,2,7-10H2,1H3,(H,25,28)(H,26,29)/t19-/m0/s1. The van der Waals surface area contributed by atoms with Gasteiger partial charge >= 0.3 is 0 Å². The van der Waals surface area contributed by atoms with Gasteiger partial charge in [0.1, 0.15) is 11.6 Å². The number of piperidine rings is 1. The van der Waals surface area contributed by atoms with E-state index in [4.69, 9.17) is 16.3 Å². The van der Waals surface area contributed by atoms with Crippen molar-refractivity contribution in [2.45, 2.75) is 37.2 Å². The fourth-order valence-corrected chi connectivity index (χ4v) is 5.56. The number of nitrogens with zero attached hydrogens (tertiary/aromatic N) is 1. The Balaban J connectivity index is 1.41. The molecule has 2 N–H and O–H groups in total. The molecule has 2 amide bonds. The maximum atomic E-state index is 13.3. The Morgan fingerprint density at radius 2 is 1.97 bits per heavy atom. The largest absolute Gasteiger partial charge is 0.478 e. The minimum Gasteiger partial charge on any atom is -0.478 e. The number of nitrogens with one attached hydrogen (secondary N) is 2. The van der Waals surface area contributed by atoms with Crippen LogP contribution in [0.15, 0.2) is 41.3 Å². The maximum absolute atomic E-state index is 13.3. The molecule has 2 heterocycles. The van der Waals surface area contributed by atoms with E-state index in [-0.39, 0.29) is 40.7 Å². The Morgan fingerprint density at radius 1 is 1.24 bits per heavy atom. The van der Waals surface area contributed by atoms with Crippen molar-refractivity contribution in [1.29, 1.82) is 0 Å². The molecule has 0 aliphatic carbocycles. The van der Waals surface area contributed by atoms with E-state index in [0.717, 1.165) is 0 Å². The third kappa shape index (κ3) is 4.83. The monoisotopic (exact) mass is 495 g/mol. The molecule has 1 saturated heterocycles. The summed E-state index contributed by atoms with van der Waals surface area (Å²) in [4.78, 5) is 24.7. The Labute approximate surface area is 196 Å². The topological polar surface area (TPSA) is 105 Å². The van der Waals surface area contributed by atoms with Crippen molar-refractivity contribution < 1.29 is 27.1 Å². The minimum absolute atomic E-state index is 0.0453. The van der Waals surface area contributed by atoms with Crippen LogP contribution in [0.5, 0.6) is 5.75 Å². The number of fused-ring (bicyclic) bond motifs is 1. The third-order valence-electron chi connectivity index (χ3n) is 5.79. The van der Waals surface area contributed by atoms with Gasteiger partial charge in [0.15, 0.2) is 6.10 Å². The molecule has 0 spiro atoms. The van der Waals surface area contributed by atoms with Gasteiger partial charge in [-0.15, -0.1) is 0 Å². The van der Waals surface area contributed by atoms with Crippen LogP contribution in [-0.2, 0) is 19.6 Å². The van der Waals surface area contributed by atoms with Gasteiger partial charge in [-0.2, -0.15) is 4.31 Å². The number of ether oxygens (including phenoxy) is 1. The molecule has 8 nitrogen and oxygen atoms in total. The summed E-state index contributed by atoms with van der Waals surface area (Å²) < 4.78 is 46.5. The van der Waals surface area contributed by atoms with Crippen LogP contribution >= 0.6 is 11.6 Å². The van der Waals surface area contributed by atoms with Crippen molar-refractivity contribution in [1.82, 2.24) is 4.31 Å². The molecule has 33 heavy (non-hydrogen) atoms. The number of carbonyl (C=O) groups is 2. The predicted molar refractivity (Wildman–Crippen MR) is 121 cm³/mol. The first-order valence-corrected chi connectivity index (χ1v) is 12.4. The third-order valence-corrected chi connectivity index (χ3v) is 7.98. The van der Waals surface area contributed by atoms with Crippen LogP contribution in [0.1, 0.15) is 26.2 Å². The van der Waals surface area contributed by atoms with Crippen molar-refractivity contribution >= 4 is 44.8 Å². The summed E-state index contributed by atoms with van der Waals surface area (Å²) in [7, 11) is -3.81. The molecule has 2 aromatic carbocycles. The zero-order valence-corrected chi connectivity index (χ0v) is 19.4. The number of rotatable bonds is 5. The summed E-state index contributed by atoms with van der Waals surface area (Å²) in [6, 6.07) is 8.30. The molecule has 2 aliphatic heterocycles. The minimum atomic E-state index is -3.81. The normalized spacial score (nSPS) is 19.4. The van der Waals surface area contributed by atoms with E-state index in [2.05, 4.69) is 10.6 Å². The average molecular weight is 496 g/mol. The Kier molecular flexibility index (Phi) is 6.60. The zero-order chi connectivity index (χ0) is 23.8. The second kappa shape index (κ2) is 9.28. The van der Waals surface area contributed by atoms with Crippen LogP contribution in [0.2, 0.25) is 5.02 Å². The first-order chi connectivity index (χ1) is 15.7. The molecule has 0 aromatic heterocycles. The molecule has 11 heteroatoms. The highest BCUT2D eigenvalue weighted by Gasteiger charge is 2.34. The highest BCUT2D eigenvalue weighted by Crippen LogP contribution is 2.34. The van der Waals surface area contributed by atoms with E-state index in [1.54, 1.807) is 6.07 Å². The first-order valence-electron chi connectivity index (χ1n) is 10.6. The summed E-state index contributed by atoms with van der Waals surface area (Å²) in [5, 5.41) is 5.30. The highest BCUT2D eigenvalue weighted by molar-refractivity contribution is 7.89. The number of hydrogen-bond acceptors (Lipinski definition) is 5. The molecular formula is C22H23ClFN3O5S. The molecule has 2 aliphatic rings. The molecule has 0 radical (unpaired) electrons. The predicted octanol–water partition coefficient (Wildman–Crippen LogP) is 3.63. The number of hydrogen-bond donors (Lipinski definition) is 2. The van der Waals surface area contributed by atoms with E-state index in [1.807, 2.05) is 6.92 Å². The van der Waals surface area contributed by atoms with Crippen molar-refractivity contribution in [2.24, 2.45) is 5.92 Å². The number of carbonyl (C=O) groups excluding carboxylic acids is 2. The molecule has 0 saturated carbocycles. The molecular weight excluding hydrogens is 473 g/mol. The lowest BCUT2D eigenvalue weighted by Crippen LogP contribution is -2.41. The van der Waals surface area contributed by atoms with Gasteiger partial charge in [0.25, 0.3) is 5.91 Å². The number of halogens is 2. The highest BCUT2D eigenvalue weighted by atomic mass is 35.5. The number of benzene rings is 2. The number of sulfonamides is 1. The van der Waals surface area contributed by atoms with Crippen LogP contribution in [0.4, 0.5) is 15.8 Å². The van der Waals surface area contributed by atoms with E-state index in [9.17, 15) is 22.4 Å². The SMILES string of the molecule is CC[C@@H]1Oc2ccc(S(=O)(=O)N3CCC(C(=O)Nc4ccc(F)c(Cl)c4)CC3)cc2NC1=O. The fourth-order valence-electron chi connectivity index (χ4n) is 3.88. The molecule has 176 valence electrons. The van der Waals surface area contributed by atoms with Crippen molar-refractivity contribution in [3.8, 4) is 5.75 Å². The smallest absolute Gasteiger partial charge is 0.265 e. The Morgan fingerprint density at radius 3 is 2.64 bits per heavy atom. The number of amides is 2. The van der Waals surface area contributed by atoms with Gasteiger partial charge in [-0.1, -0.05) is 18.5 Å². The quantitative estimate of drug-likeness (QED) is 0.659. The van der Waals surface area contributed by atoms with Crippen LogP contribution in [-0.4, -0.2) is 43.7 Å². The maximum Gasteiger partial charge on any atom is 0.265 e. The van der Waals surface area contributed by atoms with E-state index < -0.39 is 21.9 Å². The van der Waals surface area contributed by atoms with Gasteiger partial charge in [0, 0.05) is 24.7 Å². The van der Waals surface area contributed by atoms with E-state index in [1.165, 1.54) is 34.6 Å². The lowest BCUT2D eigenvalue weighted by atomic mass is 9.97. The van der Waals surface area contributed by atoms with E-state index in [0.29, 0.717) is 36.4 Å². The van der Waals surface area contributed by atoms with E-state index >= 15 is 0 Å². The van der Waals surface area contributed by atoms with Gasteiger partial charge in [-0.3, -0.25) is 9.59 Å². The Bertz CT molecular complexity index is 1200. The molecule has 0 bridgehead atoms. The first kappa shape index (κ1) is 23.5. The van der Waals surface area contributed by atoms with Crippen molar-refractivity contribution in [3.05, 3.63) is 47.2 Å². The average Bonchev–Trinajstić information content (AvgIpc) is 2.80. The van der Waals surface area contributed by atoms with Crippen LogP contribution in [0, 0.1) is 11.7 Å². The number of anilines is 2. The van der Waals surface area contributed by atoms with Crippen LogP contribution < -0.4 is 15.4 Å². The summed E-state index contributed by atoms with van der Waals surface area (Å²) in [5.74, 6) is -1.12. The Hall–Kier alpha value is -2.69. The van der Waals surface area contributed by atoms with Gasteiger partial charge in [-0.25, -0.2) is 12.8 Å². The lowest BCUT2D eigenvalue weighted by molar-refractivity contribution is -0.123. The lowest BCUT2D eigenvalue weighted by Gasteiger charge is -2.31. The summed E-state index contributed by atoms with van der Waals surface area (Å²) in [5.41, 5.74) is 0.697. The van der Waals surface area contributed by atoms with Gasteiger partial charge < -0.3 is 15.4 Å². The zero-order valence-electron chi connectivity index (χ0n) is 17.8. The van der Waals surface area contributed by atoms with Crippen LogP contribution in [0.3, 0.4) is 0 Å². The molecule has 0 unspecified atom stereocenters. The van der Waals surface area contributed by atoms with Crippen molar-refractivity contribution in [3.63, 3.8) is 0 Å². The van der Waals surface area contributed by atoms with Crippen LogP contribution in [0.25, 0.3) is 0 Å². The van der Waals surface area contributed by atoms with Gasteiger partial charge in [0.2, 0.25) is 15.9 Å². The molecule has 4 rings (SSSR count). The van der Waals surface area contributed by atoms with Gasteiger partial charge in [0.05, 0.1) is 15.6 Å². The summed E-state index contributed by atoms with van der Waals surface area (Å²) >= 11 is 5.75. The van der Waals surface area contributed by atoms with Gasteiger partial charge in [-0.05, 0) is 55.7 Å². The molecule has 1 atom stereocenters. The molecule has 2 aromatic rings. The second-order valence-corrected chi connectivity index (χ2v) is 10.3. The second-order valence-electron chi connectivity index (χ2n) is 7.96. The fraction of sp³-hybridized carbons (Fsp3) is 0.364. The summed E-state index contributed by atoms with van der Waals surface area (Å²) in [6.07, 6.45) is 0.574. The molecule has 1 fully saturated rings.